The molecule has 0 amide bonds. The molecule has 96 valence electrons. The number of aromatic nitrogens is 2. The number of nitrogens with two attached hydrogens (primary N) is 1. The average molecular weight is 245 g/mol. The van der Waals surface area contributed by atoms with Crippen molar-refractivity contribution in [1.29, 1.82) is 0 Å². The molecule has 0 saturated heterocycles. The predicted molar refractivity (Wildman–Crippen MR) is 71.2 cm³/mol. The first-order valence-corrected chi connectivity index (χ1v) is 6.20. The molecule has 1 unspecified atom stereocenters. The van der Waals surface area contributed by atoms with Crippen molar-refractivity contribution >= 4 is 0 Å². The van der Waals surface area contributed by atoms with Gasteiger partial charge < -0.3 is 10.2 Å². The molecular weight excluding hydrogens is 226 g/mol. The van der Waals surface area contributed by atoms with Crippen LogP contribution in [0.15, 0.2) is 16.5 Å². The third-order valence-electron chi connectivity index (χ3n) is 3.09. The highest BCUT2D eigenvalue weighted by molar-refractivity contribution is 5.63. The van der Waals surface area contributed by atoms with Gasteiger partial charge in [-0.25, -0.2) is 0 Å². The molecule has 18 heavy (non-hydrogen) atoms. The highest BCUT2D eigenvalue weighted by atomic mass is 16.4. The van der Waals surface area contributed by atoms with Crippen LogP contribution in [-0.2, 0) is 0 Å². The van der Waals surface area contributed by atoms with Crippen molar-refractivity contribution in [2.45, 2.75) is 40.2 Å². The average Bonchev–Trinajstić information content (AvgIpc) is 2.76. The van der Waals surface area contributed by atoms with Crippen molar-refractivity contribution in [1.82, 2.24) is 10.2 Å². The molecule has 2 aromatic rings. The van der Waals surface area contributed by atoms with Gasteiger partial charge in [0, 0.05) is 5.56 Å². The summed E-state index contributed by atoms with van der Waals surface area (Å²) in [5.41, 5.74) is 10.4. The molecule has 1 heterocycles. The van der Waals surface area contributed by atoms with Gasteiger partial charge in [0.05, 0.1) is 6.04 Å². The van der Waals surface area contributed by atoms with E-state index in [2.05, 4.69) is 43.1 Å². The molecule has 4 heteroatoms. The molecule has 0 saturated carbocycles. The van der Waals surface area contributed by atoms with Crippen LogP contribution >= 0.6 is 0 Å². The van der Waals surface area contributed by atoms with Crippen LogP contribution < -0.4 is 5.73 Å². The third-order valence-corrected chi connectivity index (χ3v) is 3.09. The Balaban J connectivity index is 2.46. The molecule has 1 atom stereocenters. The van der Waals surface area contributed by atoms with Crippen molar-refractivity contribution < 1.29 is 4.42 Å². The first kappa shape index (κ1) is 12.8. The topological polar surface area (TPSA) is 64.9 Å². The molecule has 0 fully saturated rings. The van der Waals surface area contributed by atoms with Crippen molar-refractivity contribution in [3.05, 3.63) is 34.7 Å². The maximum absolute atomic E-state index is 5.89. The SMILES string of the molecule is CCC(N)c1nnc(-c2c(C)cc(C)cc2C)o1. The van der Waals surface area contributed by atoms with Crippen LogP contribution in [0.4, 0.5) is 0 Å². The number of hydrogen-bond acceptors (Lipinski definition) is 4. The van der Waals surface area contributed by atoms with Gasteiger partial charge in [-0.1, -0.05) is 24.6 Å². The van der Waals surface area contributed by atoms with Gasteiger partial charge in [0.15, 0.2) is 0 Å². The Kier molecular flexibility index (Phi) is 3.48. The van der Waals surface area contributed by atoms with Crippen molar-refractivity contribution in [2.24, 2.45) is 5.73 Å². The molecule has 2 rings (SSSR count). The minimum absolute atomic E-state index is 0.183. The van der Waals surface area contributed by atoms with Gasteiger partial charge in [-0.15, -0.1) is 10.2 Å². The molecule has 0 aliphatic rings. The molecule has 0 radical (unpaired) electrons. The van der Waals surface area contributed by atoms with Crippen LogP contribution in [-0.4, -0.2) is 10.2 Å². The van der Waals surface area contributed by atoms with E-state index in [-0.39, 0.29) is 6.04 Å². The summed E-state index contributed by atoms with van der Waals surface area (Å²) < 4.78 is 5.68. The zero-order chi connectivity index (χ0) is 13.3. The minimum atomic E-state index is -0.183. The van der Waals surface area contributed by atoms with Crippen LogP contribution in [0.25, 0.3) is 11.5 Å². The Morgan fingerprint density at radius 1 is 1.17 bits per heavy atom. The van der Waals surface area contributed by atoms with Gasteiger partial charge in [0.1, 0.15) is 0 Å². The van der Waals surface area contributed by atoms with E-state index < -0.39 is 0 Å². The fourth-order valence-corrected chi connectivity index (χ4v) is 2.18. The number of hydrogen-bond donors (Lipinski definition) is 1. The van der Waals surface area contributed by atoms with E-state index in [4.69, 9.17) is 10.2 Å². The Morgan fingerprint density at radius 2 is 1.78 bits per heavy atom. The number of benzene rings is 1. The summed E-state index contributed by atoms with van der Waals surface area (Å²) in [6.45, 7) is 8.19. The van der Waals surface area contributed by atoms with E-state index in [9.17, 15) is 0 Å². The summed E-state index contributed by atoms with van der Waals surface area (Å²) in [5.74, 6) is 1.07. The molecule has 0 bridgehead atoms. The smallest absolute Gasteiger partial charge is 0.248 e. The minimum Gasteiger partial charge on any atom is -0.419 e. The van der Waals surface area contributed by atoms with Gasteiger partial charge in [-0.2, -0.15) is 0 Å². The molecule has 1 aromatic carbocycles. The normalized spacial score (nSPS) is 12.7. The maximum Gasteiger partial charge on any atom is 0.248 e. The lowest BCUT2D eigenvalue weighted by atomic mass is 10.00. The fourth-order valence-electron chi connectivity index (χ4n) is 2.18. The molecular formula is C14H19N3O. The van der Waals surface area contributed by atoms with Crippen molar-refractivity contribution in [2.75, 3.05) is 0 Å². The zero-order valence-corrected chi connectivity index (χ0v) is 11.3. The van der Waals surface area contributed by atoms with Crippen molar-refractivity contribution in [3.63, 3.8) is 0 Å². The summed E-state index contributed by atoms with van der Waals surface area (Å²) in [5, 5.41) is 8.14. The third kappa shape index (κ3) is 2.29. The Hall–Kier alpha value is -1.68. The second-order valence-electron chi connectivity index (χ2n) is 4.73. The summed E-state index contributed by atoms with van der Waals surface area (Å²) in [6.07, 6.45) is 0.785. The summed E-state index contributed by atoms with van der Waals surface area (Å²) >= 11 is 0. The van der Waals surface area contributed by atoms with Crippen LogP contribution in [0.5, 0.6) is 0 Å². The van der Waals surface area contributed by atoms with Gasteiger partial charge in [-0.05, 0) is 38.3 Å². The lowest BCUT2D eigenvalue weighted by Crippen LogP contribution is -2.08. The van der Waals surface area contributed by atoms with Crippen LogP contribution in [0, 0.1) is 20.8 Å². The summed E-state index contributed by atoms with van der Waals surface area (Å²) in [7, 11) is 0. The number of aryl methyl sites for hydroxylation is 3. The second-order valence-corrected chi connectivity index (χ2v) is 4.73. The van der Waals surface area contributed by atoms with E-state index in [1.54, 1.807) is 0 Å². The second kappa shape index (κ2) is 4.90. The number of rotatable bonds is 3. The Morgan fingerprint density at radius 3 is 2.33 bits per heavy atom. The Labute approximate surface area is 107 Å². The molecule has 0 aliphatic carbocycles. The molecule has 0 aliphatic heterocycles. The van der Waals surface area contributed by atoms with E-state index in [1.165, 1.54) is 5.56 Å². The highest BCUT2D eigenvalue weighted by Crippen LogP contribution is 2.28. The molecule has 4 nitrogen and oxygen atoms in total. The molecule has 0 spiro atoms. The lowest BCUT2D eigenvalue weighted by Gasteiger charge is -2.07. The van der Waals surface area contributed by atoms with Gasteiger partial charge >= 0.3 is 0 Å². The summed E-state index contributed by atoms with van der Waals surface area (Å²) in [4.78, 5) is 0. The van der Waals surface area contributed by atoms with E-state index in [0.29, 0.717) is 11.8 Å². The fraction of sp³-hybridized carbons (Fsp3) is 0.429. The Bertz CT molecular complexity index is 537. The maximum atomic E-state index is 5.89. The molecule has 2 N–H and O–H groups in total. The van der Waals surface area contributed by atoms with Gasteiger partial charge in [-0.3, -0.25) is 0 Å². The predicted octanol–water partition coefficient (Wildman–Crippen LogP) is 3.07. The summed E-state index contributed by atoms with van der Waals surface area (Å²) in [6, 6.07) is 4.05. The first-order chi connectivity index (χ1) is 8.52. The first-order valence-electron chi connectivity index (χ1n) is 6.20. The van der Waals surface area contributed by atoms with Crippen LogP contribution in [0.2, 0.25) is 0 Å². The highest BCUT2D eigenvalue weighted by Gasteiger charge is 2.16. The molecule has 1 aromatic heterocycles. The quantitative estimate of drug-likeness (QED) is 0.902. The van der Waals surface area contributed by atoms with E-state index in [1.807, 2.05) is 6.92 Å². The van der Waals surface area contributed by atoms with Crippen LogP contribution in [0.3, 0.4) is 0 Å². The standard InChI is InChI=1S/C14H19N3O/c1-5-11(15)13-16-17-14(18-13)12-9(3)6-8(2)7-10(12)4/h6-7,11H,5,15H2,1-4H3. The largest absolute Gasteiger partial charge is 0.419 e. The van der Waals surface area contributed by atoms with Crippen molar-refractivity contribution in [3.8, 4) is 11.5 Å². The van der Waals surface area contributed by atoms with E-state index in [0.717, 1.165) is 23.1 Å². The van der Waals surface area contributed by atoms with Gasteiger partial charge in [0.2, 0.25) is 11.8 Å². The van der Waals surface area contributed by atoms with Gasteiger partial charge in [0.25, 0.3) is 0 Å². The van der Waals surface area contributed by atoms with Crippen LogP contribution in [0.1, 0.15) is 42.0 Å². The zero-order valence-electron chi connectivity index (χ0n) is 11.3. The van der Waals surface area contributed by atoms with E-state index >= 15 is 0 Å². The number of nitrogens with zero attached hydrogens (tertiary/aromatic N) is 2. The monoisotopic (exact) mass is 245 g/mol. The lowest BCUT2D eigenvalue weighted by molar-refractivity contribution is 0.452.